The van der Waals surface area contributed by atoms with E-state index in [1.807, 2.05) is 0 Å². The van der Waals surface area contributed by atoms with Gasteiger partial charge in [-0.25, -0.2) is 22.0 Å². The van der Waals surface area contributed by atoms with Crippen LogP contribution in [-0.2, 0) is 19.3 Å². The molecule has 0 aliphatic rings. The van der Waals surface area contributed by atoms with E-state index in [4.69, 9.17) is 0 Å². The van der Waals surface area contributed by atoms with Crippen molar-refractivity contribution in [1.82, 2.24) is 14.3 Å². The molecule has 0 atom stereocenters. The van der Waals surface area contributed by atoms with Gasteiger partial charge in [-0.2, -0.15) is 18.3 Å². The Labute approximate surface area is 226 Å². The van der Waals surface area contributed by atoms with Gasteiger partial charge >= 0.3 is 6.18 Å². The summed E-state index contributed by atoms with van der Waals surface area (Å²) in [6.07, 6.45) is -3.16. The molecule has 0 aliphatic heterocycles. The maximum Gasteiger partial charge on any atom is 0.418 e. The Morgan fingerprint density at radius 2 is 1.34 bits per heavy atom. The van der Waals surface area contributed by atoms with E-state index in [0.29, 0.717) is 28.6 Å². The van der Waals surface area contributed by atoms with E-state index in [1.165, 1.54) is 18.2 Å². The second kappa shape index (κ2) is 9.76. The highest BCUT2D eigenvalue weighted by atomic mass is 19.4. The average Bonchev–Trinajstić information content (AvgIpc) is 3.48. The molecule has 0 amide bonds. The summed E-state index contributed by atoms with van der Waals surface area (Å²) in [6.45, 7) is -0.811. The smallest absolute Gasteiger partial charge is 0.343 e. The van der Waals surface area contributed by atoms with Crippen LogP contribution in [0.4, 0.5) is 35.1 Å². The van der Waals surface area contributed by atoms with Gasteiger partial charge in [-0.05, 0) is 35.7 Å². The van der Waals surface area contributed by atoms with Crippen molar-refractivity contribution in [3.63, 3.8) is 0 Å². The number of nitrogens with zero attached hydrogens (tertiary/aromatic N) is 3. The van der Waals surface area contributed by atoms with Gasteiger partial charge in [0.25, 0.3) is 0 Å². The lowest BCUT2D eigenvalue weighted by atomic mass is 10.0. The summed E-state index contributed by atoms with van der Waals surface area (Å²) in [6, 6.07) is 14.5. The number of aromatic nitrogens is 3. The zero-order chi connectivity index (χ0) is 29.1. The Bertz CT molecular complexity index is 1910. The molecule has 4 aromatic carbocycles. The molecular formula is C30H17F8N3. The van der Waals surface area contributed by atoms with Gasteiger partial charge in [0.1, 0.15) is 34.6 Å². The molecule has 0 spiro atoms. The van der Waals surface area contributed by atoms with Gasteiger partial charge in [0.05, 0.1) is 24.3 Å². The van der Waals surface area contributed by atoms with Gasteiger partial charge < -0.3 is 4.57 Å². The molecular weight excluding hydrogens is 554 g/mol. The molecule has 208 valence electrons. The molecule has 0 radical (unpaired) electrons. The number of benzene rings is 4. The molecule has 0 N–H and O–H groups in total. The number of hydrogen-bond donors (Lipinski definition) is 0. The van der Waals surface area contributed by atoms with Crippen LogP contribution in [0, 0.1) is 29.1 Å². The summed E-state index contributed by atoms with van der Waals surface area (Å²) in [4.78, 5) is 0. The summed E-state index contributed by atoms with van der Waals surface area (Å²) in [5, 5.41) is 4.83. The normalized spacial score (nSPS) is 12.1. The van der Waals surface area contributed by atoms with E-state index in [0.717, 1.165) is 22.9 Å². The van der Waals surface area contributed by atoms with Gasteiger partial charge in [0.2, 0.25) is 0 Å². The molecule has 2 aromatic heterocycles. The van der Waals surface area contributed by atoms with E-state index < -0.39 is 58.5 Å². The van der Waals surface area contributed by atoms with Gasteiger partial charge in [-0.15, -0.1) is 0 Å². The topological polar surface area (TPSA) is 22.8 Å². The molecule has 0 bridgehead atoms. The van der Waals surface area contributed by atoms with Crippen LogP contribution in [0.2, 0.25) is 0 Å². The highest BCUT2D eigenvalue weighted by Gasteiger charge is 2.35. The predicted octanol–water partition coefficient (Wildman–Crippen LogP) is 8.47. The van der Waals surface area contributed by atoms with Crippen LogP contribution >= 0.6 is 0 Å². The SMILES string of the molecule is Fc1cc(F)c(Cn2nc3c(C(F)(F)F)cccc3c2-c2ccc3ccn(Cc4c(F)cccc4F)c3c2)c(F)c1. The van der Waals surface area contributed by atoms with Crippen molar-refractivity contribution in [3.8, 4) is 11.3 Å². The lowest BCUT2D eigenvalue weighted by Crippen LogP contribution is -2.09. The van der Waals surface area contributed by atoms with Crippen LogP contribution in [0.25, 0.3) is 33.1 Å². The zero-order valence-corrected chi connectivity index (χ0v) is 20.8. The first-order chi connectivity index (χ1) is 19.5. The number of hydrogen-bond acceptors (Lipinski definition) is 1. The first-order valence-electron chi connectivity index (χ1n) is 12.2. The van der Waals surface area contributed by atoms with Crippen molar-refractivity contribution in [3.05, 3.63) is 125 Å². The second-order valence-corrected chi connectivity index (χ2v) is 9.47. The predicted molar refractivity (Wildman–Crippen MR) is 137 cm³/mol. The Balaban J connectivity index is 1.56. The first kappa shape index (κ1) is 26.5. The minimum atomic E-state index is -4.77. The van der Waals surface area contributed by atoms with Crippen molar-refractivity contribution in [2.75, 3.05) is 0 Å². The standard InChI is InChI=1S/C30H17F8N3/c31-18-12-25(34)21(26(35)13-18)15-41-29(19-3-1-4-22(28(19)39-41)30(36,37)38)17-8-7-16-9-10-40(27(16)11-17)14-20-23(32)5-2-6-24(20)33/h1-13H,14-15H2. The maximum atomic E-state index is 14.6. The lowest BCUT2D eigenvalue weighted by Gasteiger charge is -2.12. The lowest BCUT2D eigenvalue weighted by molar-refractivity contribution is -0.136. The Kier molecular flexibility index (Phi) is 6.32. The fourth-order valence-corrected chi connectivity index (χ4v) is 5.00. The summed E-state index contributed by atoms with van der Waals surface area (Å²) in [7, 11) is 0. The van der Waals surface area contributed by atoms with E-state index in [1.54, 1.807) is 35.0 Å². The van der Waals surface area contributed by atoms with Gasteiger partial charge in [-0.3, -0.25) is 4.68 Å². The highest BCUT2D eigenvalue weighted by molar-refractivity contribution is 5.97. The van der Waals surface area contributed by atoms with Crippen LogP contribution in [0.3, 0.4) is 0 Å². The van der Waals surface area contributed by atoms with E-state index in [9.17, 15) is 35.1 Å². The highest BCUT2D eigenvalue weighted by Crippen LogP contribution is 2.39. The van der Waals surface area contributed by atoms with Gasteiger partial charge in [-0.1, -0.05) is 30.3 Å². The molecule has 0 aliphatic carbocycles. The zero-order valence-electron chi connectivity index (χ0n) is 20.8. The molecule has 2 heterocycles. The quantitative estimate of drug-likeness (QED) is 0.190. The van der Waals surface area contributed by atoms with E-state index in [-0.39, 0.29) is 23.2 Å². The molecule has 11 heteroatoms. The molecule has 0 unspecified atom stereocenters. The minimum absolute atomic E-state index is 0.0559. The van der Waals surface area contributed by atoms with Crippen LogP contribution < -0.4 is 0 Å². The van der Waals surface area contributed by atoms with Crippen LogP contribution in [-0.4, -0.2) is 14.3 Å². The summed E-state index contributed by atoms with van der Waals surface area (Å²) < 4.78 is 116. The Morgan fingerprint density at radius 1 is 0.683 bits per heavy atom. The minimum Gasteiger partial charge on any atom is -0.343 e. The third-order valence-corrected chi connectivity index (χ3v) is 6.93. The summed E-state index contributed by atoms with van der Waals surface area (Å²) in [5.74, 6) is -5.07. The fourth-order valence-electron chi connectivity index (χ4n) is 5.00. The molecule has 41 heavy (non-hydrogen) atoms. The van der Waals surface area contributed by atoms with E-state index >= 15 is 0 Å². The first-order valence-corrected chi connectivity index (χ1v) is 12.2. The van der Waals surface area contributed by atoms with Crippen LogP contribution in [0.15, 0.2) is 79.0 Å². The fraction of sp³-hybridized carbons (Fsp3) is 0.100. The molecule has 0 saturated heterocycles. The van der Waals surface area contributed by atoms with Gasteiger partial charge in [0.15, 0.2) is 0 Å². The third kappa shape index (κ3) is 4.71. The van der Waals surface area contributed by atoms with Crippen molar-refractivity contribution >= 4 is 21.8 Å². The van der Waals surface area contributed by atoms with Gasteiger partial charge in [0, 0.05) is 45.9 Å². The number of alkyl halides is 3. The van der Waals surface area contributed by atoms with Crippen molar-refractivity contribution < 1.29 is 35.1 Å². The molecule has 0 saturated carbocycles. The third-order valence-electron chi connectivity index (χ3n) is 6.93. The maximum absolute atomic E-state index is 14.6. The average molecular weight is 571 g/mol. The molecule has 0 fully saturated rings. The molecule has 3 nitrogen and oxygen atoms in total. The molecule has 6 aromatic rings. The largest absolute Gasteiger partial charge is 0.418 e. The Hall–Kier alpha value is -4.67. The monoisotopic (exact) mass is 571 g/mol. The second-order valence-electron chi connectivity index (χ2n) is 9.47. The van der Waals surface area contributed by atoms with Crippen molar-refractivity contribution in [1.29, 1.82) is 0 Å². The summed E-state index contributed by atoms with van der Waals surface area (Å²) >= 11 is 0. The number of fused-ring (bicyclic) bond motifs is 2. The number of rotatable bonds is 5. The van der Waals surface area contributed by atoms with Crippen LogP contribution in [0.5, 0.6) is 0 Å². The van der Waals surface area contributed by atoms with Crippen molar-refractivity contribution in [2.24, 2.45) is 0 Å². The van der Waals surface area contributed by atoms with E-state index in [2.05, 4.69) is 5.10 Å². The Morgan fingerprint density at radius 3 is 2.02 bits per heavy atom. The number of halogens is 8. The molecule has 6 rings (SSSR count). The summed E-state index contributed by atoms with van der Waals surface area (Å²) in [5.41, 5.74) is -1.32. The van der Waals surface area contributed by atoms with Crippen LogP contribution in [0.1, 0.15) is 16.7 Å². The van der Waals surface area contributed by atoms with Crippen molar-refractivity contribution in [2.45, 2.75) is 19.3 Å².